The van der Waals surface area contributed by atoms with Gasteiger partial charge >= 0.3 is 0 Å². The van der Waals surface area contributed by atoms with Crippen LogP contribution >= 0.6 is 0 Å². The largest absolute Gasteiger partial charge is 0.379 e. The summed E-state index contributed by atoms with van der Waals surface area (Å²) in [5.74, 6) is 0.702. The maximum atomic E-state index is 5.69. The molecule has 0 aromatic carbocycles. The maximum absolute atomic E-state index is 5.69. The van der Waals surface area contributed by atoms with Crippen molar-refractivity contribution in [1.29, 1.82) is 0 Å². The third-order valence-corrected chi connectivity index (χ3v) is 2.71. The van der Waals surface area contributed by atoms with Gasteiger partial charge in [0.25, 0.3) is 0 Å². The first kappa shape index (κ1) is 17.9. The lowest BCUT2D eigenvalue weighted by Gasteiger charge is -2.18. The van der Waals surface area contributed by atoms with Crippen LogP contribution in [0.3, 0.4) is 0 Å². The Morgan fingerprint density at radius 3 is 2.11 bits per heavy atom. The van der Waals surface area contributed by atoms with Crippen LogP contribution in [0.5, 0.6) is 0 Å². The predicted octanol–water partition coefficient (Wildman–Crippen LogP) is 3.66. The standard InChI is InChI=1S/C15H32O3/c1-6-7-9-17-15(5)12-18-14(4)11-16-10-8-13(2)3/h13-15H,6-12H2,1-5H3. The highest BCUT2D eigenvalue weighted by Gasteiger charge is 2.07. The van der Waals surface area contributed by atoms with Crippen molar-refractivity contribution in [3.8, 4) is 0 Å². The molecule has 3 heteroatoms. The van der Waals surface area contributed by atoms with Gasteiger partial charge in [0.1, 0.15) is 0 Å². The Morgan fingerprint density at radius 1 is 0.833 bits per heavy atom. The van der Waals surface area contributed by atoms with Crippen molar-refractivity contribution in [2.75, 3.05) is 26.4 Å². The highest BCUT2D eigenvalue weighted by molar-refractivity contribution is 4.53. The Hall–Kier alpha value is -0.120. The molecule has 2 atom stereocenters. The van der Waals surface area contributed by atoms with Gasteiger partial charge in [-0.15, -0.1) is 0 Å². The summed E-state index contributed by atoms with van der Waals surface area (Å²) in [6.45, 7) is 13.7. The van der Waals surface area contributed by atoms with Crippen molar-refractivity contribution >= 4 is 0 Å². The van der Waals surface area contributed by atoms with Crippen LogP contribution in [0.4, 0.5) is 0 Å². The van der Waals surface area contributed by atoms with Gasteiger partial charge in [-0.05, 0) is 32.6 Å². The van der Waals surface area contributed by atoms with E-state index in [2.05, 4.69) is 27.7 Å². The summed E-state index contributed by atoms with van der Waals surface area (Å²) in [5.41, 5.74) is 0. The van der Waals surface area contributed by atoms with Crippen LogP contribution in [0.25, 0.3) is 0 Å². The van der Waals surface area contributed by atoms with E-state index < -0.39 is 0 Å². The Balaban J connectivity index is 3.37. The van der Waals surface area contributed by atoms with Gasteiger partial charge in [0.05, 0.1) is 25.4 Å². The predicted molar refractivity (Wildman–Crippen MR) is 76.0 cm³/mol. The highest BCUT2D eigenvalue weighted by Crippen LogP contribution is 2.02. The lowest BCUT2D eigenvalue weighted by Crippen LogP contribution is -2.24. The fraction of sp³-hybridized carbons (Fsp3) is 1.00. The third kappa shape index (κ3) is 12.3. The van der Waals surface area contributed by atoms with Gasteiger partial charge in [-0.3, -0.25) is 0 Å². The van der Waals surface area contributed by atoms with E-state index in [9.17, 15) is 0 Å². The van der Waals surface area contributed by atoms with E-state index in [4.69, 9.17) is 14.2 Å². The Bertz CT molecular complexity index is 171. The first-order chi connectivity index (χ1) is 8.56. The van der Waals surface area contributed by atoms with Crippen molar-refractivity contribution < 1.29 is 14.2 Å². The summed E-state index contributed by atoms with van der Waals surface area (Å²) in [6, 6.07) is 0. The van der Waals surface area contributed by atoms with Gasteiger partial charge in [0.15, 0.2) is 0 Å². The zero-order valence-electron chi connectivity index (χ0n) is 12.9. The smallest absolute Gasteiger partial charge is 0.0781 e. The minimum atomic E-state index is 0.148. The van der Waals surface area contributed by atoms with Crippen LogP contribution in [0.1, 0.15) is 53.9 Å². The fourth-order valence-corrected chi connectivity index (χ4v) is 1.39. The molecule has 0 aromatic rings. The van der Waals surface area contributed by atoms with E-state index in [-0.39, 0.29) is 12.2 Å². The van der Waals surface area contributed by atoms with Crippen molar-refractivity contribution in [1.82, 2.24) is 0 Å². The van der Waals surface area contributed by atoms with E-state index in [0.29, 0.717) is 19.1 Å². The van der Waals surface area contributed by atoms with E-state index >= 15 is 0 Å². The molecule has 0 radical (unpaired) electrons. The molecule has 0 spiro atoms. The summed E-state index contributed by atoms with van der Waals surface area (Å²) >= 11 is 0. The van der Waals surface area contributed by atoms with Crippen LogP contribution in [0.15, 0.2) is 0 Å². The Morgan fingerprint density at radius 2 is 1.50 bits per heavy atom. The maximum Gasteiger partial charge on any atom is 0.0781 e. The van der Waals surface area contributed by atoms with E-state index in [1.807, 2.05) is 6.92 Å². The van der Waals surface area contributed by atoms with Gasteiger partial charge in [0.2, 0.25) is 0 Å². The normalized spacial score (nSPS) is 15.0. The first-order valence-corrected chi connectivity index (χ1v) is 7.37. The zero-order valence-corrected chi connectivity index (χ0v) is 12.9. The second kappa shape index (κ2) is 11.9. The second-order valence-electron chi connectivity index (χ2n) is 5.44. The zero-order chi connectivity index (χ0) is 13.8. The first-order valence-electron chi connectivity index (χ1n) is 7.37. The van der Waals surface area contributed by atoms with Crippen LogP contribution in [-0.2, 0) is 14.2 Å². The molecule has 0 rings (SSSR count). The minimum absolute atomic E-state index is 0.148. The fourth-order valence-electron chi connectivity index (χ4n) is 1.39. The summed E-state index contributed by atoms with van der Waals surface area (Å²) < 4.78 is 16.9. The van der Waals surface area contributed by atoms with Crippen LogP contribution in [0, 0.1) is 5.92 Å². The number of hydrogen-bond donors (Lipinski definition) is 0. The molecule has 0 saturated heterocycles. The van der Waals surface area contributed by atoms with E-state index in [0.717, 1.165) is 26.1 Å². The quantitative estimate of drug-likeness (QED) is 0.501. The van der Waals surface area contributed by atoms with Crippen LogP contribution in [-0.4, -0.2) is 38.6 Å². The molecule has 110 valence electrons. The molecule has 0 fully saturated rings. The second-order valence-corrected chi connectivity index (χ2v) is 5.44. The Labute approximate surface area is 113 Å². The summed E-state index contributed by atoms with van der Waals surface area (Å²) in [7, 11) is 0. The SMILES string of the molecule is CCCCOC(C)COC(C)COCCC(C)C. The molecule has 0 saturated carbocycles. The van der Waals surface area contributed by atoms with Crippen molar-refractivity contribution in [2.24, 2.45) is 5.92 Å². The van der Waals surface area contributed by atoms with Crippen LogP contribution < -0.4 is 0 Å². The number of rotatable bonds is 12. The molecule has 0 bridgehead atoms. The molecule has 2 unspecified atom stereocenters. The minimum Gasteiger partial charge on any atom is -0.379 e. The molecule has 0 amide bonds. The average molecular weight is 260 g/mol. The lowest BCUT2D eigenvalue weighted by atomic mass is 10.1. The molecular formula is C15H32O3. The summed E-state index contributed by atoms with van der Waals surface area (Å²) in [4.78, 5) is 0. The van der Waals surface area contributed by atoms with Gasteiger partial charge < -0.3 is 14.2 Å². The molecule has 0 aliphatic rings. The summed E-state index contributed by atoms with van der Waals surface area (Å²) in [5, 5.41) is 0. The van der Waals surface area contributed by atoms with Gasteiger partial charge in [0, 0.05) is 13.2 Å². The number of hydrogen-bond acceptors (Lipinski definition) is 3. The monoisotopic (exact) mass is 260 g/mol. The van der Waals surface area contributed by atoms with E-state index in [1.54, 1.807) is 0 Å². The molecule has 18 heavy (non-hydrogen) atoms. The third-order valence-electron chi connectivity index (χ3n) is 2.71. The topological polar surface area (TPSA) is 27.7 Å². The molecule has 0 aliphatic heterocycles. The van der Waals surface area contributed by atoms with Crippen molar-refractivity contribution in [3.05, 3.63) is 0 Å². The van der Waals surface area contributed by atoms with Gasteiger partial charge in [-0.25, -0.2) is 0 Å². The number of unbranched alkanes of at least 4 members (excludes halogenated alkanes) is 1. The van der Waals surface area contributed by atoms with Gasteiger partial charge in [-0.1, -0.05) is 27.2 Å². The van der Waals surface area contributed by atoms with E-state index in [1.165, 1.54) is 6.42 Å². The van der Waals surface area contributed by atoms with Crippen molar-refractivity contribution in [2.45, 2.75) is 66.1 Å². The van der Waals surface area contributed by atoms with Crippen LogP contribution in [0.2, 0.25) is 0 Å². The lowest BCUT2D eigenvalue weighted by molar-refractivity contribution is -0.0580. The molecule has 3 nitrogen and oxygen atoms in total. The highest BCUT2D eigenvalue weighted by atomic mass is 16.6. The molecule has 0 heterocycles. The average Bonchev–Trinajstić information content (AvgIpc) is 2.32. The molecule has 0 aliphatic carbocycles. The van der Waals surface area contributed by atoms with Gasteiger partial charge in [-0.2, -0.15) is 0 Å². The Kier molecular flexibility index (Phi) is 11.9. The molecule has 0 aromatic heterocycles. The number of ether oxygens (including phenoxy) is 3. The molecule has 0 N–H and O–H groups in total. The summed E-state index contributed by atoms with van der Waals surface area (Å²) in [6.07, 6.45) is 3.74. The molecular weight excluding hydrogens is 228 g/mol. The van der Waals surface area contributed by atoms with Crippen molar-refractivity contribution in [3.63, 3.8) is 0 Å².